The average molecular weight is 258 g/mol. The second-order valence-electron chi connectivity index (χ2n) is 4.86. The standard InChI is InChI=1S/C13H17F3N2/c1-9-12(17)6-7-18(9)8-10-2-4-11(5-3-10)13(14,15)16/h2-5,9,12H,6-8,17H2,1H3. The van der Waals surface area contributed by atoms with Crippen LogP contribution in [0.25, 0.3) is 0 Å². The summed E-state index contributed by atoms with van der Waals surface area (Å²) in [6.45, 7) is 3.62. The van der Waals surface area contributed by atoms with E-state index in [0.717, 1.165) is 30.7 Å². The van der Waals surface area contributed by atoms with Crippen LogP contribution in [0.2, 0.25) is 0 Å². The molecule has 0 radical (unpaired) electrons. The van der Waals surface area contributed by atoms with Gasteiger partial charge in [-0.1, -0.05) is 12.1 Å². The van der Waals surface area contributed by atoms with Gasteiger partial charge in [-0.15, -0.1) is 0 Å². The van der Waals surface area contributed by atoms with Crippen LogP contribution < -0.4 is 5.73 Å². The molecule has 0 saturated carbocycles. The highest BCUT2D eigenvalue weighted by Gasteiger charge is 2.30. The summed E-state index contributed by atoms with van der Waals surface area (Å²) >= 11 is 0. The molecule has 1 aromatic carbocycles. The third-order valence-corrected chi connectivity index (χ3v) is 3.61. The molecule has 0 bridgehead atoms. The van der Waals surface area contributed by atoms with E-state index in [2.05, 4.69) is 11.8 Å². The van der Waals surface area contributed by atoms with Crippen molar-refractivity contribution in [2.45, 2.75) is 38.1 Å². The highest BCUT2D eigenvalue weighted by Crippen LogP contribution is 2.29. The minimum atomic E-state index is -4.26. The van der Waals surface area contributed by atoms with Crippen molar-refractivity contribution in [3.8, 4) is 0 Å². The van der Waals surface area contributed by atoms with Gasteiger partial charge in [-0.05, 0) is 31.0 Å². The van der Waals surface area contributed by atoms with Crippen molar-refractivity contribution in [2.75, 3.05) is 6.54 Å². The molecule has 0 spiro atoms. The molecule has 1 fully saturated rings. The zero-order chi connectivity index (χ0) is 13.3. The Bertz CT molecular complexity index is 400. The first kappa shape index (κ1) is 13.4. The Kier molecular flexibility index (Phi) is 3.64. The predicted molar refractivity (Wildman–Crippen MR) is 63.9 cm³/mol. The predicted octanol–water partition coefficient (Wildman–Crippen LogP) is 2.63. The van der Waals surface area contributed by atoms with E-state index in [-0.39, 0.29) is 12.1 Å². The molecule has 2 atom stereocenters. The molecule has 1 aliphatic heterocycles. The average Bonchev–Trinajstić information content (AvgIpc) is 2.61. The van der Waals surface area contributed by atoms with Crippen molar-refractivity contribution in [1.82, 2.24) is 4.90 Å². The van der Waals surface area contributed by atoms with Gasteiger partial charge in [0.2, 0.25) is 0 Å². The van der Waals surface area contributed by atoms with Gasteiger partial charge in [0, 0.05) is 25.2 Å². The Labute approximate surface area is 105 Å². The van der Waals surface area contributed by atoms with E-state index in [4.69, 9.17) is 5.73 Å². The number of nitrogens with two attached hydrogens (primary N) is 1. The molecule has 18 heavy (non-hydrogen) atoms. The maximum absolute atomic E-state index is 12.4. The highest BCUT2D eigenvalue weighted by atomic mass is 19.4. The lowest BCUT2D eigenvalue weighted by molar-refractivity contribution is -0.137. The van der Waals surface area contributed by atoms with E-state index in [9.17, 15) is 13.2 Å². The molecule has 1 aliphatic rings. The third kappa shape index (κ3) is 2.84. The Hall–Kier alpha value is -1.07. The maximum Gasteiger partial charge on any atom is 0.416 e. The molecule has 100 valence electrons. The van der Waals surface area contributed by atoms with E-state index in [1.165, 1.54) is 0 Å². The number of nitrogens with zero attached hydrogens (tertiary/aromatic N) is 1. The van der Waals surface area contributed by atoms with Gasteiger partial charge in [0.05, 0.1) is 5.56 Å². The lowest BCUT2D eigenvalue weighted by Gasteiger charge is -2.23. The summed E-state index contributed by atoms with van der Waals surface area (Å²) in [7, 11) is 0. The van der Waals surface area contributed by atoms with Gasteiger partial charge in [0.1, 0.15) is 0 Å². The molecule has 0 amide bonds. The number of hydrogen-bond acceptors (Lipinski definition) is 2. The minimum Gasteiger partial charge on any atom is -0.326 e. The van der Waals surface area contributed by atoms with Crippen LogP contribution in [0.1, 0.15) is 24.5 Å². The van der Waals surface area contributed by atoms with Crippen LogP contribution in [0.5, 0.6) is 0 Å². The summed E-state index contributed by atoms with van der Waals surface area (Å²) in [4.78, 5) is 2.20. The zero-order valence-electron chi connectivity index (χ0n) is 10.2. The molecule has 1 heterocycles. The Morgan fingerprint density at radius 2 is 1.89 bits per heavy atom. The molecular formula is C13H17F3N2. The van der Waals surface area contributed by atoms with Crippen LogP contribution in [-0.2, 0) is 12.7 Å². The topological polar surface area (TPSA) is 29.3 Å². The summed E-state index contributed by atoms with van der Waals surface area (Å²) in [5.74, 6) is 0. The quantitative estimate of drug-likeness (QED) is 0.883. The largest absolute Gasteiger partial charge is 0.416 e. The van der Waals surface area contributed by atoms with Crippen LogP contribution >= 0.6 is 0 Å². The Balaban J connectivity index is 2.03. The number of benzene rings is 1. The normalized spacial score (nSPS) is 25.6. The summed E-state index contributed by atoms with van der Waals surface area (Å²) in [5, 5.41) is 0. The fraction of sp³-hybridized carbons (Fsp3) is 0.538. The smallest absolute Gasteiger partial charge is 0.326 e. The van der Waals surface area contributed by atoms with E-state index < -0.39 is 11.7 Å². The SMILES string of the molecule is CC1C(N)CCN1Cc1ccc(C(F)(F)F)cc1. The van der Waals surface area contributed by atoms with Crippen molar-refractivity contribution in [3.05, 3.63) is 35.4 Å². The molecule has 0 aliphatic carbocycles. The lowest BCUT2D eigenvalue weighted by Crippen LogP contribution is -2.36. The van der Waals surface area contributed by atoms with E-state index in [0.29, 0.717) is 6.54 Å². The summed E-state index contributed by atoms with van der Waals surface area (Å²) in [5.41, 5.74) is 6.21. The van der Waals surface area contributed by atoms with Crippen LogP contribution in [0, 0.1) is 0 Å². The first-order valence-corrected chi connectivity index (χ1v) is 6.03. The van der Waals surface area contributed by atoms with Crippen LogP contribution in [-0.4, -0.2) is 23.5 Å². The van der Waals surface area contributed by atoms with Gasteiger partial charge in [-0.3, -0.25) is 4.90 Å². The van der Waals surface area contributed by atoms with Crippen molar-refractivity contribution in [3.63, 3.8) is 0 Å². The van der Waals surface area contributed by atoms with Gasteiger partial charge >= 0.3 is 6.18 Å². The minimum absolute atomic E-state index is 0.166. The number of likely N-dealkylation sites (tertiary alicyclic amines) is 1. The van der Waals surface area contributed by atoms with E-state index in [1.54, 1.807) is 12.1 Å². The second kappa shape index (κ2) is 4.90. The van der Waals surface area contributed by atoms with Gasteiger partial charge < -0.3 is 5.73 Å². The van der Waals surface area contributed by atoms with E-state index >= 15 is 0 Å². The van der Waals surface area contributed by atoms with Crippen LogP contribution in [0.15, 0.2) is 24.3 Å². The summed E-state index contributed by atoms with van der Waals surface area (Å²) in [6.07, 6.45) is -3.32. The first-order valence-electron chi connectivity index (χ1n) is 6.03. The third-order valence-electron chi connectivity index (χ3n) is 3.61. The number of rotatable bonds is 2. The summed E-state index contributed by atoms with van der Waals surface area (Å²) in [6, 6.07) is 5.80. The molecular weight excluding hydrogens is 241 g/mol. The molecule has 1 saturated heterocycles. The Morgan fingerprint density at radius 3 is 2.33 bits per heavy atom. The van der Waals surface area contributed by atoms with Gasteiger partial charge in [0.15, 0.2) is 0 Å². The number of hydrogen-bond donors (Lipinski definition) is 1. The molecule has 2 unspecified atom stereocenters. The van der Waals surface area contributed by atoms with Crippen molar-refractivity contribution in [1.29, 1.82) is 0 Å². The van der Waals surface area contributed by atoms with Gasteiger partial charge in [0.25, 0.3) is 0 Å². The molecule has 2 rings (SSSR count). The first-order chi connectivity index (χ1) is 8.38. The lowest BCUT2D eigenvalue weighted by atomic mass is 10.1. The van der Waals surface area contributed by atoms with Crippen molar-refractivity contribution in [2.24, 2.45) is 5.73 Å². The molecule has 1 aromatic rings. The highest BCUT2D eigenvalue weighted by molar-refractivity contribution is 5.24. The number of alkyl halides is 3. The van der Waals surface area contributed by atoms with Gasteiger partial charge in [-0.25, -0.2) is 0 Å². The molecule has 0 aromatic heterocycles. The van der Waals surface area contributed by atoms with Crippen molar-refractivity contribution < 1.29 is 13.2 Å². The molecule has 2 nitrogen and oxygen atoms in total. The second-order valence-corrected chi connectivity index (χ2v) is 4.86. The van der Waals surface area contributed by atoms with Gasteiger partial charge in [-0.2, -0.15) is 13.2 Å². The molecule has 5 heteroatoms. The fourth-order valence-electron chi connectivity index (χ4n) is 2.29. The maximum atomic E-state index is 12.4. The van der Waals surface area contributed by atoms with Crippen LogP contribution in [0.4, 0.5) is 13.2 Å². The van der Waals surface area contributed by atoms with Crippen LogP contribution in [0.3, 0.4) is 0 Å². The monoisotopic (exact) mass is 258 g/mol. The fourth-order valence-corrected chi connectivity index (χ4v) is 2.29. The number of halogens is 3. The van der Waals surface area contributed by atoms with Crippen molar-refractivity contribution >= 4 is 0 Å². The van der Waals surface area contributed by atoms with E-state index in [1.807, 2.05) is 0 Å². The summed E-state index contributed by atoms with van der Waals surface area (Å²) < 4.78 is 37.2. The molecule has 2 N–H and O–H groups in total. The Morgan fingerprint density at radius 1 is 1.28 bits per heavy atom. The zero-order valence-corrected chi connectivity index (χ0v) is 10.2.